The molecule has 3 aromatic heterocycles. The van der Waals surface area contributed by atoms with Gasteiger partial charge in [-0.2, -0.15) is 5.10 Å². The number of benzene rings is 1. The minimum absolute atomic E-state index is 0.0531. The molecule has 1 aromatic carbocycles. The number of aromatic nitrogens is 4. The number of anilines is 1. The number of rotatable bonds is 5. The lowest BCUT2D eigenvalue weighted by Crippen LogP contribution is -2.28. The summed E-state index contributed by atoms with van der Waals surface area (Å²) in [6, 6.07) is 10.4. The molecule has 5 rings (SSSR count). The molecule has 0 bridgehead atoms. The van der Waals surface area contributed by atoms with E-state index in [0.29, 0.717) is 31.1 Å². The summed E-state index contributed by atoms with van der Waals surface area (Å²) in [5.74, 6) is 0.709. The van der Waals surface area contributed by atoms with Crippen molar-refractivity contribution in [1.82, 2.24) is 25.1 Å². The number of hydrogen-bond acceptors (Lipinski definition) is 6. The van der Waals surface area contributed by atoms with E-state index in [4.69, 9.17) is 4.98 Å². The summed E-state index contributed by atoms with van der Waals surface area (Å²) in [6.07, 6.45) is 0.881. The van der Waals surface area contributed by atoms with E-state index in [9.17, 15) is 9.18 Å². The Hall–Kier alpha value is -3.33. The molecule has 1 atom stereocenters. The largest absolute Gasteiger partial charge is 0.364 e. The lowest BCUT2D eigenvalue weighted by atomic mass is 10.0. The number of fused-ring (bicyclic) bond motifs is 1. The lowest BCUT2D eigenvalue weighted by molar-refractivity contribution is 0.0794. The van der Waals surface area contributed by atoms with Crippen molar-refractivity contribution >= 4 is 34.1 Å². The van der Waals surface area contributed by atoms with E-state index in [-0.39, 0.29) is 17.6 Å². The number of nitrogens with zero attached hydrogens (tertiary/aromatic N) is 4. The van der Waals surface area contributed by atoms with Crippen LogP contribution in [0.2, 0.25) is 0 Å². The van der Waals surface area contributed by atoms with Crippen molar-refractivity contribution in [3.8, 4) is 0 Å². The number of aryl methyl sites for hydroxylation is 1. The number of likely N-dealkylation sites (tertiary alicyclic amines) is 1. The van der Waals surface area contributed by atoms with Crippen LogP contribution in [0.25, 0.3) is 11.0 Å². The number of hydrogen-bond donors (Lipinski definition) is 2. The number of carbonyl (C=O) groups excluding carboxylic acids is 1. The lowest BCUT2D eigenvalue weighted by Gasteiger charge is -2.15. The monoisotopic (exact) mass is 436 g/mol. The Balaban J connectivity index is 1.28. The fourth-order valence-corrected chi connectivity index (χ4v) is 4.68. The fourth-order valence-electron chi connectivity index (χ4n) is 3.91. The molecule has 0 aliphatic carbocycles. The van der Waals surface area contributed by atoms with Crippen LogP contribution in [0.3, 0.4) is 0 Å². The minimum atomic E-state index is -0.250. The second-order valence-corrected chi connectivity index (χ2v) is 8.54. The van der Waals surface area contributed by atoms with Crippen LogP contribution in [0, 0.1) is 12.7 Å². The highest BCUT2D eigenvalue weighted by Crippen LogP contribution is 2.30. The molecule has 0 saturated carbocycles. The Labute approximate surface area is 182 Å². The molecule has 0 radical (unpaired) electrons. The van der Waals surface area contributed by atoms with E-state index in [1.807, 2.05) is 24.0 Å². The van der Waals surface area contributed by atoms with Crippen LogP contribution in [0.5, 0.6) is 0 Å². The highest BCUT2D eigenvalue weighted by molar-refractivity contribution is 7.11. The summed E-state index contributed by atoms with van der Waals surface area (Å²) >= 11 is 1.39. The number of amides is 1. The summed E-state index contributed by atoms with van der Waals surface area (Å²) in [5, 5.41) is 11.5. The van der Waals surface area contributed by atoms with Gasteiger partial charge in [-0.25, -0.2) is 14.4 Å². The standard InChI is InChI=1S/C22H21FN6OS/c1-13-19(31-12-25-13)22(30)29-9-8-15(11-29)18-7-6-17-20(27-28-21(17)26-18)24-10-14-2-4-16(23)5-3-14/h2-7,12,15H,8-11H2,1H3,(H2,24,26,27,28)/t15-/m0/s1. The molecule has 1 saturated heterocycles. The van der Waals surface area contributed by atoms with Gasteiger partial charge < -0.3 is 10.2 Å². The van der Waals surface area contributed by atoms with E-state index in [0.717, 1.165) is 33.6 Å². The first-order valence-corrected chi connectivity index (χ1v) is 11.0. The third-order valence-electron chi connectivity index (χ3n) is 5.65. The van der Waals surface area contributed by atoms with Gasteiger partial charge in [-0.1, -0.05) is 12.1 Å². The van der Waals surface area contributed by atoms with Crippen LogP contribution < -0.4 is 5.32 Å². The maximum atomic E-state index is 13.1. The van der Waals surface area contributed by atoms with Gasteiger partial charge in [0.15, 0.2) is 11.5 Å². The second-order valence-electron chi connectivity index (χ2n) is 7.69. The van der Waals surface area contributed by atoms with Crippen LogP contribution in [0.4, 0.5) is 10.2 Å². The summed E-state index contributed by atoms with van der Waals surface area (Å²) in [7, 11) is 0. The molecule has 158 valence electrons. The van der Waals surface area contributed by atoms with Gasteiger partial charge in [0.1, 0.15) is 10.7 Å². The second kappa shape index (κ2) is 8.07. The molecule has 0 spiro atoms. The first-order chi connectivity index (χ1) is 15.1. The first-order valence-electron chi connectivity index (χ1n) is 10.1. The zero-order valence-electron chi connectivity index (χ0n) is 16.9. The van der Waals surface area contributed by atoms with Crippen molar-refractivity contribution in [1.29, 1.82) is 0 Å². The quantitative estimate of drug-likeness (QED) is 0.492. The predicted molar refractivity (Wildman–Crippen MR) is 118 cm³/mol. The van der Waals surface area contributed by atoms with Gasteiger partial charge >= 0.3 is 0 Å². The number of carbonyl (C=O) groups is 1. The molecule has 0 unspecified atom stereocenters. The van der Waals surface area contributed by atoms with Gasteiger partial charge in [0, 0.05) is 31.2 Å². The summed E-state index contributed by atoms with van der Waals surface area (Å²) in [5.41, 5.74) is 5.14. The van der Waals surface area contributed by atoms with Crippen LogP contribution in [0.15, 0.2) is 41.9 Å². The van der Waals surface area contributed by atoms with Crippen molar-refractivity contribution in [2.24, 2.45) is 0 Å². The number of halogens is 1. The molecular weight excluding hydrogens is 415 g/mol. The average Bonchev–Trinajstić information content (AvgIpc) is 3.52. The van der Waals surface area contributed by atoms with E-state index < -0.39 is 0 Å². The smallest absolute Gasteiger partial charge is 0.265 e. The van der Waals surface area contributed by atoms with Gasteiger partial charge in [0.05, 0.1) is 16.6 Å². The number of H-pyrrole nitrogens is 1. The summed E-state index contributed by atoms with van der Waals surface area (Å²) in [4.78, 5) is 24.3. The van der Waals surface area contributed by atoms with Crippen molar-refractivity contribution in [2.75, 3.05) is 18.4 Å². The highest BCUT2D eigenvalue weighted by atomic mass is 32.1. The molecule has 4 heterocycles. The van der Waals surface area contributed by atoms with Gasteiger partial charge in [-0.3, -0.25) is 9.89 Å². The van der Waals surface area contributed by atoms with Crippen molar-refractivity contribution < 1.29 is 9.18 Å². The Kier molecular flexibility index (Phi) is 5.11. The highest BCUT2D eigenvalue weighted by Gasteiger charge is 2.30. The predicted octanol–water partition coefficient (Wildman–Crippen LogP) is 4.10. The van der Waals surface area contributed by atoms with Gasteiger partial charge in [-0.05, 0) is 43.2 Å². The third kappa shape index (κ3) is 3.88. The topological polar surface area (TPSA) is 86.8 Å². The molecule has 4 aromatic rings. The molecule has 1 aliphatic rings. The van der Waals surface area contributed by atoms with Crippen molar-refractivity contribution in [3.05, 3.63) is 69.6 Å². The SMILES string of the molecule is Cc1ncsc1C(=O)N1CC[C@H](c2ccc3c(NCc4ccc(F)cc4)n[nH]c3n2)C1. The number of nitrogens with one attached hydrogen (secondary N) is 2. The first kappa shape index (κ1) is 19.6. The van der Waals surface area contributed by atoms with Crippen LogP contribution >= 0.6 is 11.3 Å². The molecular formula is C22H21FN6OS. The summed E-state index contributed by atoms with van der Waals surface area (Å²) in [6.45, 7) is 3.78. The number of aromatic amines is 1. The van der Waals surface area contributed by atoms with Gasteiger partial charge in [0.25, 0.3) is 5.91 Å². The molecule has 1 fully saturated rings. The van der Waals surface area contributed by atoms with E-state index >= 15 is 0 Å². The zero-order valence-corrected chi connectivity index (χ0v) is 17.7. The Bertz CT molecular complexity index is 1230. The molecule has 2 N–H and O–H groups in total. The van der Waals surface area contributed by atoms with Crippen LogP contribution in [-0.2, 0) is 6.54 Å². The molecule has 1 aliphatic heterocycles. The zero-order chi connectivity index (χ0) is 21.4. The summed E-state index contributed by atoms with van der Waals surface area (Å²) < 4.78 is 13.1. The van der Waals surface area contributed by atoms with Crippen LogP contribution in [0.1, 0.15) is 39.0 Å². The van der Waals surface area contributed by atoms with Gasteiger partial charge in [-0.15, -0.1) is 11.3 Å². The molecule has 9 heteroatoms. The van der Waals surface area contributed by atoms with Crippen molar-refractivity contribution in [2.45, 2.75) is 25.8 Å². The molecule has 1 amide bonds. The minimum Gasteiger partial charge on any atom is -0.364 e. The van der Waals surface area contributed by atoms with E-state index in [2.05, 4.69) is 20.5 Å². The Morgan fingerprint density at radius 1 is 1.29 bits per heavy atom. The van der Waals surface area contributed by atoms with Crippen molar-refractivity contribution in [3.63, 3.8) is 0 Å². The fraction of sp³-hybridized carbons (Fsp3) is 0.273. The molecule has 7 nitrogen and oxygen atoms in total. The maximum absolute atomic E-state index is 13.1. The number of thiazole rings is 1. The van der Waals surface area contributed by atoms with E-state index in [1.54, 1.807) is 17.6 Å². The van der Waals surface area contributed by atoms with Crippen LogP contribution in [-0.4, -0.2) is 44.1 Å². The number of pyridine rings is 1. The van der Waals surface area contributed by atoms with E-state index in [1.165, 1.54) is 23.5 Å². The Morgan fingerprint density at radius 2 is 2.13 bits per heavy atom. The molecule has 31 heavy (non-hydrogen) atoms. The Morgan fingerprint density at radius 3 is 2.90 bits per heavy atom. The average molecular weight is 437 g/mol. The third-order valence-corrected chi connectivity index (χ3v) is 6.57. The van der Waals surface area contributed by atoms with Gasteiger partial charge in [0.2, 0.25) is 0 Å². The normalized spacial score (nSPS) is 16.2. The maximum Gasteiger partial charge on any atom is 0.265 e.